The summed E-state index contributed by atoms with van der Waals surface area (Å²) >= 11 is 3.47. The van der Waals surface area contributed by atoms with E-state index in [-0.39, 0.29) is 0 Å². The molecule has 3 nitrogen and oxygen atoms in total. The maximum atomic E-state index is 5.76. The molecule has 0 aliphatic carbocycles. The summed E-state index contributed by atoms with van der Waals surface area (Å²) < 4.78 is 11.3. The Morgan fingerprint density at radius 1 is 1.47 bits per heavy atom. The average Bonchev–Trinajstić information content (AvgIpc) is 2.16. The van der Waals surface area contributed by atoms with Crippen molar-refractivity contribution in [2.75, 3.05) is 31.6 Å². The van der Waals surface area contributed by atoms with Crippen molar-refractivity contribution >= 4 is 15.9 Å². The van der Waals surface area contributed by atoms with Gasteiger partial charge in [-0.25, -0.2) is 0 Å². The smallest absolute Gasteiger partial charge is 0.0802 e. The number of hydrogen-bond acceptors (Lipinski definition) is 3. The first kappa shape index (κ1) is 13.4. The van der Waals surface area contributed by atoms with E-state index in [0.29, 0.717) is 18.3 Å². The second-order valence-corrected chi connectivity index (χ2v) is 5.05. The molecule has 1 rings (SSSR count). The molecule has 1 aliphatic heterocycles. The predicted octanol–water partition coefficient (Wildman–Crippen LogP) is 1.90. The first-order valence-corrected chi connectivity index (χ1v) is 6.79. The van der Waals surface area contributed by atoms with Crippen LogP contribution in [0.5, 0.6) is 0 Å². The lowest BCUT2D eigenvalue weighted by Gasteiger charge is -2.36. The molecule has 0 amide bonds. The van der Waals surface area contributed by atoms with Crippen molar-refractivity contribution in [3.8, 4) is 0 Å². The van der Waals surface area contributed by atoms with Gasteiger partial charge in [-0.3, -0.25) is 4.90 Å². The molecule has 0 aromatic rings. The third kappa shape index (κ3) is 5.29. The van der Waals surface area contributed by atoms with Crippen molar-refractivity contribution in [2.45, 2.75) is 39.1 Å². The molecular weight excluding hydrogens is 258 g/mol. The molecule has 1 heterocycles. The normalized spacial score (nSPS) is 28.6. The van der Waals surface area contributed by atoms with E-state index in [2.05, 4.69) is 41.6 Å². The SMILES string of the molecule is CC(C)OCCN1CC(C)OC(CBr)C1. The summed E-state index contributed by atoms with van der Waals surface area (Å²) in [4.78, 5) is 2.42. The molecule has 0 N–H and O–H groups in total. The van der Waals surface area contributed by atoms with Crippen LogP contribution in [0.4, 0.5) is 0 Å². The van der Waals surface area contributed by atoms with Crippen LogP contribution in [-0.4, -0.2) is 54.8 Å². The summed E-state index contributed by atoms with van der Waals surface area (Å²) in [6.07, 6.45) is 0.989. The zero-order valence-electron chi connectivity index (χ0n) is 9.91. The van der Waals surface area contributed by atoms with Crippen LogP contribution in [0.2, 0.25) is 0 Å². The molecule has 2 unspecified atom stereocenters. The van der Waals surface area contributed by atoms with Gasteiger partial charge in [-0.05, 0) is 20.8 Å². The highest BCUT2D eigenvalue weighted by Gasteiger charge is 2.23. The van der Waals surface area contributed by atoms with Crippen LogP contribution >= 0.6 is 15.9 Å². The van der Waals surface area contributed by atoms with Gasteiger partial charge < -0.3 is 9.47 Å². The maximum Gasteiger partial charge on any atom is 0.0802 e. The minimum Gasteiger partial charge on any atom is -0.377 e. The van der Waals surface area contributed by atoms with Gasteiger partial charge in [0.15, 0.2) is 0 Å². The van der Waals surface area contributed by atoms with Crippen LogP contribution in [0.3, 0.4) is 0 Å². The van der Waals surface area contributed by atoms with Gasteiger partial charge >= 0.3 is 0 Å². The van der Waals surface area contributed by atoms with Crippen LogP contribution in [0.25, 0.3) is 0 Å². The zero-order valence-corrected chi connectivity index (χ0v) is 11.5. The first-order valence-electron chi connectivity index (χ1n) is 5.67. The Morgan fingerprint density at radius 2 is 2.20 bits per heavy atom. The van der Waals surface area contributed by atoms with Gasteiger partial charge in [-0.1, -0.05) is 15.9 Å². The van der Waals surface area contributed by atoms with E-state index >= 15 is 0 Å². The number of nitrogens with zero attached hydrogens (tertiary/aromatic N) is 1. The monoisotopic (exact) mass is 279 g/mol. The summed E-state index contributed by atoms with van der Waals surface area (Å²) in [6, 6.07) is 0. The van der Waals surface area contributed by atoms with Gasteiger partial charge in [0.2, 0.25) is 0 Å². The molecule has 0 bridgehead atoms. The minimum absolute atomic E-state index is 0.327. The topological polar surface area (TPSA) is 21.7 Å². The quantitative estimate of drug-likeness (QED) is 0.718. The molecule has 0 aromatic heterocycles. The van der Waals surface area contributed by atoms with Crippen LogP contribution < -0.4 is 0 Å². The Morgan fingerprint density at radius 3 is 2.80 bits per heavy atom. The zero-order chi connectivity index (χ0) is 11.3. The van der Waals surface area contributed by atoms with Crippen LogP contribution in [0, 0.1) is 0 Å². The lowest BCUT2D eigenvalue weighted by Crippen LogP contribution is -2.48. The van der Waals surface area contributed by atoms with Gasteiger partial charge in [-0.2, -0.15) is 0 Å². The highest BCUT2D eigenvalue weighted by atomic mass is 79.9. The fourth-order valence-corrected chi connectivity index (χ4v) is 2.18. The van der Waals surface area contributed by atoms with Crippen molar-refractivity contribution in [1.82, 2.24) is 4.90 Å². The van der Waals surface area contributed by atoms with Gasteiger partial charge in [0.05, 0.1) is 24.9 Å². The first-order chi connectivity index (χ1) is 7.11. The van der Waals surface area contributed by atoms with Crippen molar-refractivity contribution in [1.29, 1.82) is 0 Å². The predicted molar refractivity (Wildman–Crippen MR) is 65.7 cm³/mol. The molecule has 2 atom stereocenters. The molecule has 4 heteroatoms. The summed E-state index contributed by atoms with van der Waals surface area (Å²) in [5.41, 5.74) is 0. The summed E-state index contributed by atoms with van der Waals surface area (Å²) in [6.45, 7) is 10.1. The van der Waals surface area contributed by atoms with Crippen LogP contribution in [0.1, 0.15) is 20.8 Å². The lowest BCUT2D eigenvalue weighted by atomic mass is 10.2. The summed E-state index contributed by atoms with van der Waals surface area (Å²) in [5, 5.41) is 0.916. The molecule has 0 spiro atoms. The largest absolute Gasteiger partial charge is 0.377 e. The number of alkyl halides is 1. The molecule has 0 aromatic carbocycles. The molecule has 1 aliphatic rings. The van der Waals surface area contributed by atoms with Crippen LogP contribution in [-0.2, 0) is 9.47 Å². The molecule has 0 saturated carbocycles. The molecule has 1 saturated heterocycles. The third-order valence-corrected chi connectivity index (χ3v) is 3.15. The number of ether oxygens (including phenoxy) is 2. The van der Waals surface area contributed by atoms with Gasteiger partial charge in [0.25, 0.3) is 0 Å². The standard InChI is InChI=1S/C11H22BrNO2/c1-9(2)14-5-4-13-7-10(3)15-11(6-12)8-13/h9-11H,4-8H2,1-3H3. The van der Waals surface area contributed by atoms with Crippen molar-refractivity contribution in [3.63, 3.8) is 0 Å². The second-order valence-electron chi connectivity index (χ2n) is 4.40. The summed E-state index contributed by atoms with van der Waals surface area (Å²) in [7, 11) is 0. The average molecular weight is 280 g/mol. The Hall–Kier alpha value is 0.360. The molecule has 90 valence electrons. The number of hydrogen-bond donors (Lipinski definition) is 0. The highest BCUT2D eigenvalue weighted by molar-refractivity contribution is 9.09. The van der Waals surface area contributed by atoms with Crippen molar-refractivity contribution in [2.24, 2.45) is 0 Å². The van der Waals surface area contributed by atoms with Crippen molar-refractivity contribution < 1.29 is 9.47 Å². The molecule has 1 fully saturated rings. The Kier molecular flexibility index (Phi) is 6.12. The van der Waals surface area contributed by atoms with E-state index in [4.69, 9.17) is 9.47 Å². The number of rotatable bonds is 5. The Labute approximate surface area is 101 Å². The molecule has 0 radical (unpaired) electrons. The Bertz CT molecular complexity index is 178. The number of morpholine rings is 1. The van der Waals surface area contributed by atoms with Gasteiger partial charge in [0, 0.05) is 25.0 Å². The molecular formula is C11H22BrNO2. The Balaban J connectivity index is 2.22. The second kappa shape index (κ2) is 6.84. The molecule has 15 heavy (non-hydrogen) atoms. The van der Waals surface area contributed by atoms with Crippen molar-refractivity contribution in [3.05, 3.63) is 0 Å². The van der Waals surface area contributed by atoms with Crippen LogP contribution in [0.15, 0.2) is 0 Å². The fourth-order valence-electron chi connectivity index (χ4n) is 1.83. The minimum atomic E-state index is 0.327. The summed E-state index contributed by atoms with van der Waals surface area (Å²) in [5.74, 6) is 0. The maximum absolute atomic E-state index is 5.76. The van der Waals surface area contributed by atoms with E-state index < -0.39 is 0 Å². The van der Waals surface area contributed by atoms with E-state index in [0.717, 1.165) is 31.6 Å². The van der Waals surface area contributed by atoms with E-state index in [1.165, 1.54) is 0 Å². The fraction of sp³-hybridized carbons (Fsp3) is 1.00. The highest BCUT2D eigenvalue weighted by Crippen LogP contribution is 2.12. The van der Waals surface area contributed by atoms with E-state index in [1.54, 1.807) is 0 Å². The van der Waals surface area contributed by atoms with Gasteiger partial charge in [-0.15, -0.1) is 0 Å². The number of halogens is 1. The van der Waals surface area contributed by atoms with E-state index in [9.17, 15) is 0 Å². The third-order valence-electron chi connectivity index (χ3n) is 2.43. The van der Waals surface area contributed by atoms with Gasteiger partial charge in [0.1, 0.15) is 0 Å². The lowest BCUT2D eigenvalue weighted by molar-refractivity contribution is -0.0724. The van der Waals surface area contributed by atoms with E-state index in [1.807, 2.05) is 0 Å².